The van der Waals surface area contributed by atoms with Crippen LogP contribution in [-0.4, -0.2) is 6.54 Å². The largest absolute Gasteiger partial charge is 0.380 e. The SMILES string of the molecule is Cc1cccc2c1NCC(C)(c1ccc(N(c3ccccc3)c3ccc(N(c4ccccc4)c4ccccc4)cc3)cc1)N2. The number of benzene rings is 6. The second-order valence-corrected chi connectivity index (χ2v) is 11.5. The Balaban J connectivity index is 1.22. The highest BCUT2D eigenvalue weighted by Gasteiger charge is 2.31. The molecule has 1 unspecified atom stereocenters. The Morgan fingerprint density at radius 1 is 0.477 bits per heavy atom. The van der Waals surface area contributed by atoms with Crippen LogP contribution in [0.1, 0.15) is 18.1 Å². The molecule has 0 bridgehead atoms. The monoisotopic (exact) mass is 572 g/mol. The molecular formula is C40H36N4. The number of nitrogens with one attached hydrogen (secondary N) is 2. The zero-order valence-corrected chi connectivity index (χ0v) is 25.1. The first-order valence-corrected chi connectivity index (χ1v) is 15.2. The molecule has 1 heterocycles. The molecule has 216 valence electrons. The van der Waals surface area contributed by atoms with Crippen LogP contribution in [0.2, 0.25) is 0 Å². The number of anilines is 8. The summed E-state index contributed by atoms with van der Waals surface area (Å²) >= 11 is 0. The summed E-state index contributed by atoms with van der Waals surface area (Å²) in [5, 5.41) is 7.48. The van der Waals surface area contributed by atoms with E-state index in [1.54, 1.807) is 0 Å². The van der Waals surface area contributed by atoms with Gasteiger partial charge in [-0.1, -0.05) is 78.9 Å². The molecule has 7 rings (SSSR count). The van der Waals surface area contributed by atoms with Gasteiger partial charge in [-0.25, -0.2) is 0 Å². The molecule has 0 amide bonds. The van der Waals surface area contributed by atoms with E-state index in [4.69, 9.17) is 0 Å². The maximum Gasteiger partial charge on any atom is 0.0770 e. The number of para-hydroxylation sites is 4. The van der Waals surface area contributed by atoms with Gasteiger partial charge in [-0.3, -0.25) is 0 Å². The molecule has 0 spiro atoms. The quantitative estimate of drug-likeness (QED) is 0.199. The third-order valence-electron chi connectivity index (χ3n) is 8.47. The van der Waals surface area contributed by atoms with E-state index in [1.165, 1.54) is 16.8 Å². The highest BCUT2D eigenvalue weighted by atomic mass is 15.2. The third-order valence-corrected chi connectivity index (χ3v) is 8.47. The van der Waals surface area contributed by atoms with Gasteiger partial charge in [0.2, 0.25) is 0 Å². The van der Waals surface area contributed by atoms with E-state index in [-0.39, 0.29) is 5.54 Å². The summed E-state index contributed by atoms with van der Waals surface area (Å²) in [7, 11) is 0. The number of nitrogens with zero attached hydrogens (tertiary/aromatic N) is 2. The summed E-state index contributed by atoms with van der Waals surface area (Å²) < 4.78 is 0. The van der Waals surface area contributed by atoms with Gasteiger partial charge in [0.15, 0.2) is 0 Å². The van der Waals surface area contributed by atoms with Crippen LogP contribution in [0, 0.1) is 6.92 Å². The van der Waals surface area contributed by atoms with Crippen molar-refractivity contribution in [1.29, 1.82) is 0 Å². The van der Waals surface area contributed by atoms with E-state index < -0.39 is 0 Å². The molecule has 0 fully saturated rings. The number of fused-ring (bicyclic) bond motifs is 1. The van der Waals surface area contributed by atoms with Crippen LogP contribution in [-0.2, 0) is 5.54 Å². The lowest BCUT2D eigenvalue weighted by atomic mass is 9.88. The van der Waals surface area contributed by atoms with Crippen LogP contribution in [0.4, 0.5) is 45.5 Å². The van der Waals surface area contributed by atoms with Gasteiger partial charge >= 0.3 is 0 Å². The van der Waals surface area contributed by atoms with Gasteiger partial charge in [0.05, 0.1) is 16.9 Å². The van der Waals surface area contributed by atoms with Crippen molar-refractivity contribution < 1.29 is 0 Å². The summed E-state index contributed by atoms with van der Waals surface area (Å²) in [6, 6.07) is 55.8. The molecule has 44 heavy (non-hydrogen) atoms. The molecule has 0 saturated heterocycles. The Labute approximate surface area is 260 Å². The minimum Gasteiger partial charge on any atom is -0.380 e. The van der Waals surface area contributed by atoms with E-state index in [9.17, 15) is 0 Å². The number of hydrogen-bond acceptors (Lipinski definition) is 4. The minimum atomic E-state index is -0.225. The molecule has 1 aliphatic heterocycles. The summed E-state index contributed by atoms with van der Waals surface area (Å²) in [6.45, 7) is 5.23. The standard InChI is InChI=1S/C40H36N4/c1-30-13-12-20-38-39(30)41-29-40(2,42-38)31-21-23-35(24-22-31)44(34-18-10-5-11-19-34)37-27-25-36(26-28-37)43(32-14-6-3-7-15-32)33-16-8-4-9-17-33/h3-28,41-42H,29H2,1-2H3. The molecule has 2 N–H and O–H groups in total. The predicted molar refractivity (Wildman–Crippen MR) is 186 cm³/mol. The summed E-state index contributed by atoms with van der Waals surface area (Å²) in [5.74, 6) is 0. The fourth-order valence-electron chi connectivity index (χ4n) is 6.14. The number of hydrogen-bond donors (Lipinski definition) is 2. The Bertz CT molecular complexity index is 1800. The van der Waals surface area contributed by atoms with Gasteiger partial charge in [0, 0.05) is 40.7 Å². The normalized spacial score (nSPS) is 15.4. The van der Waals surface area contributed by atoms with Crippen LogP contribution in [0.5, 0.6) is 0 Å². The van der Waals surface area contributed by atoms with Crippen LogP contribution in [0.3, 0.4) is 0 Å². The van der Waals surface area contributed by atoms with E-state index in [1.807, 2.05) is 0 Å². The van der Waals surface area contributed by atoms with Gasteiger partial charge < -0.3 is 20.4 Å². The summed E-state index contributed by atoms with van der Waals surface area (Å²) in [6.07, 6.45) is 0. The third kappa shape index (κ3) is 5.27. The zero-order chi connectivity index (χ0) is 29.9. The van der Waals surface area contributed by atoms with Gasteiger partial charge in [0.1, 0.15) is 0 Å². The van der Waals surface area contributed by atoms with Crippen LogP contribution in [0.25, 0.3) is 0 Å². The van der Waals surface area contributed by atoms with Gasteiger partial charge in [-0.2, -0.15) is 0 Å². The van der Waals surface area contributed by atoms with E-state index in [0.717, 1.165) is 46.4 Å². The first-order valence-electron chi connectivity index (χ1n) is 15.2. The smallest absolute Gasteiger partial charge is 0.0770 e. The molecular weight excluding hydrogens is 536 g/mol. The molecule has 1 atom stereocenters. The Kier molecular flexibility index (Phi) is 7.25. The average Bonchev–Trinajstić information content (AvgIpc) is 3.07. The molecule has 6 aromatic rings. The molecule has 0 radical (unpaired) electrons. The maximum atomic E-state index is 3.81. The van der Waals surface area contributed by atoms with Crippen molar-refractivity contribution >= 4 is 45.5 Å². The zero-order valence-electron chi connectivity index (χ0n) is 25.1. The maximum absolute atomic E-state index is 3.81. The van der Waals surface area contributed by atoms with Crippen molar-refractivity contribution in [3.05, 3.63) is 169 Å². The van der Waals surface area contributed by atoms with Crippen molar-refractivity contribution in [2.24, 2.45) is 0 Å². The number of aryl methyl sites for hydroxylation is 1. The predicted octanol–water partition coefficient (Wildman–Crippen LogP) is 10.7. The van der Waals surface area contributed by atoms with Crippen molar-refractivity contribution in [2.75, 3.05) is 27.0 Å². The fourth-order valence-corrected chi connectivity index (χ4v) is 6.14. The van der Waals surface area contributed by atoms with Gasteiger partial charge in [-0.05, 0) is 104 Å². The Hall–Kier alpha value is -5.48. The van der Waals surface area contributed by atoms with Crippen molar-refractivity contribution in [3.63, 3.8) is 0 Å². The van der Waals surface area contributed by atoms with Crippen molar-refractivity contribution in [3.8, 4) is 0 Å². The molecule has 0 aromatic heterocycles. The molecule has 0 aliphatic carbocycles. The second-order valence-electron chi connectivity index (χ2n) is 11.5. The topological polar surface area (TPSA) is 30.5 Å². The lowest BCUT2D eigenvalue weighted by molar-refractivity contribution is 0.565. The first kappa shape index (κ1) is 27.4. The fraction of sp³-hybridized carbons (Fsp3) is 0.100. The van der Waals surface area contributed by atoms with E-state index in [0.29, 0.717) is 0 Å². The highest BCUT2D eigenvalue weighted by molar-refractivity contribution is 5.81. The molecule has 0 saturated carbocycles. The highest BCUT2D eigenvalue weighted by Crippen LogP contribution is 2.41. The van der Waals surface area contributed by atoms with E-state index in [2.05, 4.69) is 192 Å². The average molecular weight is 573 g/mol. The summed E-state index contributed by atoms with van der Waals surface area (Å²) in [4.78, 5) is 4.60. The molecule has 4 nitrogen and oxygen atoms in total. The number of rotatable bonds is 7. The second kappa shape index (κ2) is 11.7. The van der Waals surface area contributed by atoms with Gasteiger partial charge in [-0.15, -0.1) is 0 Å². The Morgan fingerprint density at radius 2 is 0.886 bits per heavy atom. The molecule has 1 aliphatic rings. The van der Waals surface area contributed by atoms with Crippen molar-refractivity contribution in [2.45, 2.75) is 19.4 Å². The van der Waals surface area contributed by atoms with E-state index >= 15 is 0 Å². The first-order chi connectivity index (χ1) is 21.6. The Morgan fingerprint density at radius 3 is 1.34 bits per heavy atom. The molecule has 6 aromatic carbocycles. The lowest BCUT2D eigenvalue weighted by Crippen LogP contribution is -2.42. The lowest BCUT2D eigenvalue weighted by Gasteiger charge is -2.39. The van der Waals surface area contributed by atoms with Crippen molar-refractivity contribution in [1.82, 2.24) is 0 Å². The van der Waals surface area contributed by atoms with Gasteiger partial charge in [0.25, 0.3) is 0 Å². The minimum absolute atomic E-state index is 0.225. The molecule has 4 heteroatoms. The van der Waals surface area contributed by atoms with Crippen LogP contribution in [0.15, 0.2) is 158 Å². The van der Waals surface area contributed by atoms with Crippen LogP contribution >= 0.6 is 0 Å². The summed E-state index contributed by atoms with van der Waals surface area (Å²) in [5.41, 5.74) is 11.3. The van der Waals surface area contributed by atoms with Crippen LogP contribution < -0.4 is 20.4 Å².